The monoisotopic (exact) mass is 936 g/mol. The van der Waals surface area contributed by atoms with Gasteiger partial charge in [0.1, 0.15) is 64.6 Å². The second-order valence-electron chi connectivity index (χ2n) is 15.0. The zero-order valence-electron chi connectivity index (χ0n) is 33.7. The quantitative estimate of drug-likeness (QED) is 0.139. The lowest BCUT2D eigenvalue weighted by Gasteiger charge is -2.32. The lowest BCUT2D eigenvalue weighted by molar-refractivity contribution is -0.141. The summed E-state index contributed by atoms with van der Waals surface area (Å²) in [7, 11) is 1.09. The molecular weight excluding hydrogens is 903 g/mol. The maximum absolute atomic E-state index is 16.8. The first-order valence-corrected chi connectivity index (χ1v) is 20.5. The molecule has 24 heteroatoms. The Hall–Kier alpha value is -6.48. The Morgan fingerprint density at radius 2 is 1.75 bits per heavy atom. The Morgan fingerprint density at radius 3 is 2.42 bits per heavy atom. The molecule has 342 valence electrons. The van der Waals surface area contributed by atoms with Crippen molar-refractivity contribution in [1.29, 1.82) is 5.26 Å². The molecule has 0 saturated carbocycles. The van der Waals surface area contributed by atoms with E-state index in [0.717, 1.165) is 43.3 Å². The number of rotatable bonds is 8. The molecule has 2 saturated heterocycles. The first-order valence-electron chi connectivity index (χ1n) is 19.7. The van der Waals surface area contributed by atoms with E-state index in [0.29, 0.717) is 36.2 Å². The molecule has 13 nitrogen and oxygen atoms in total. The van der Waals surface area contributed by atoms with Gasteiger partial charge in [0.2, 0.25) is 5.88 Å². The molecule has 65 heavy (non-hydrogen) atoms. The molecule has 3 aliphatic heterocycles. The van der Waals surface area contributed by atoms with Gasteiger partial charge in [0.15, 0.2) is 11.5 Å². The van der Waals surface area contributed by atoms with Crippen LogP contribution in [0.15, 0.2) is 42.9 Å². The van der Waals surface area contributed by atoms with Crippen molar-refractivity contribution in [3.8, 4) is 34.8 Å². The molecule has 2 fully saturated rings. The fraction of sp³-hybridized carbons (Fsp3) is 0.366. The SMILES string of the molecule is COc1nc2c3c(c(C(F)(F)F)c(-c4ccc(F)c5sc(N)c(C#N)c45)c(F)c3n1)OCCN2C(c1cccnc1N)C(F)F.FC(F)(F)c1cnc(OCC2CCC3CCCN32)cn1. The number of anilines is 3. The van der Waals surface area contributed by atoms with Gasteiger partial charge in [-0.15, -0.1) is 11.3 Å². The molecule has 0 spiro atoms. The highest BCUT2D eigenvalue weighted by Gasteiger charge is 2.45. The zero-order valence-corrected chi connectivity index (χ0v) is 34.5. The van der Waals surface area contributed by atoms with Crippen molar-refractivity contribution in [1.82, 2.24) is 29.8 Å². The Morgan fingerprint density at radius 1 is 0.969 bits per heavy atom. The van der Waals surface area contributed by atoms with Gasteiger partial charge in [0.05, 0.1) is 41.7 Å². The lowest BCUT2D eigenvalue weighted by atomic mass is 9.91. The predicted octanol–water partition coefficient (Wildman–Crippen LogP) is 8.95. The Kier molecular flexibility index (Phi) is 12.1. The number of nitrogen functional groups attached to an aromatic ring is 2. The number of fused-ring (bicyclic) bond motifs is 2. The normalized spacial score (nSPS) is 17.9. The van der Waals surface area contributed by atoms with Crippen LogP contribution in [0.3, 0.4) is 0 Å². The Bertz CT molecular complexity index is 2800. The van der Waals surface area contributed by atoms with Crippen LogP contribution >= 0.6 is 11.3 Å². The number of nitrogens with two attached hydrogens (primary N) is 2. The number of methoxy groups -OCH3 is 1. The third kappa shape index (κ3) is 8.37. The van der Waals surface area contributed by atoms with Crippen LogP contribution in [0.2, 0.25) is 0 Å². The average Bonchev–Trinajstić information content (AvgIpc) is 3.95. The van der Waals surface area contributed by atoms with E-state index in [1.165, 1.54) is 37.6 Å². The van der Waals surface area contributed by atoms with Gasteiger partial charge in [-0.3, -0.25) is 4.90 Å². The largest absolute Gasteiger partial charge is 0.490 e. The van der Waals surface area contributed by atoms with Gasteiger partial charge in [-0.05, 0) is 49.9 Å². The fourth-order valence-corrected chi connectivity index (χ4v) is 9.53. The van der Waals surface area contributed by atoms with Crippen molar-refractivity contribution in [2.45, 2.75) is 62.6 Å². The minimum atomic E-state index is -5.34. The summed E-state index contributed by atoms with van der Waals surface area (Å²) in [6, 6.07) is 4.62. The summed E-state index contributed by atoms with van der Waals surface area (Å²) in [5.41, 5.74) is 6.20. The summed E-state index contributed by atoms with van der Waals surface area (Å²) in [4.78, 5) is 22.3. The van der Waals surface area contributed by atoms with Gasteiger partial charge in [0.25, 0.3) is 6.43 Å². The van der Waals surface area contributed by atoms with Crippen molar-refractivity contribution >= 4 is 49.0 Å². The number of thiophene rings is 1. The Labute approximate surface area is 365 Å². The summed E-state index contributed by atoms with van der Waals surface area (Å²) in [6.45, 7) is 0.509. The molecule has 0 aliphatic carbocycles. The standard InChI is InChI=1S/C28H18F7N7O2S.C13H16F3N3O/c1-43-27-40-19-16-21(44-8-7-42(26(16)41-27)20(23(31)32)11-3-2-6-39-24(11)37)17(28(33,34)35)15(18(19)30)10-4-5-13(29)22-14(10)12(9-36)25(38)45-22;14-13(15,16)11-6-18-12(7-17-11)20-8-10-4-3-9-2-1-5-19(9)10/h2-6,20,23H,7-8,38H2,1H3,(H2,37,39);6-7,9-10H,1-5,8H2. The van der Waals surface area contributed by atoms with Gasteiger partial charge in [-0.1, -0.05) is 12.1 Å². The summed E-state index contributed by atoms with van der Waals surface area (Å²) in [5.74, 6) is -4.10. The van der Waals surface area contributed by atoms with E-state index < -0.39 is 100 Å². The van der Waals surface area contributed by atoms with Crippen LogP contribution in [0.4, 0.5) is 60.5 Å². The molecule has 6 aromatic rings. The predicted molar refractivity (Wildman–Crippen MR) is 216 cm³/mol. The zero-order chi connectivity index (χ0) is 46.5. The molecule has 3 atom stereocenters. The summed E-state index contributed by atoms with van der Waals surface area (Å²) in [5, 5.41) is 8.51. The van der Waals surface area contributed by atoms with Crippen LogP contribution in [0, 0.1) is 23.0 Å². The van der Waals surface area contributed by atoms with Gasteiger partial charge in [-0.2, -0.15) is 41.6 Å². The van der Waals surface area contributed by atoms with E-state index >= 15 is 17.6 Å². The highest BCUT2D eigenvalue weighted by Crippen LogP contribution is 2.54. The van der Waals surface area contributed by atoms with E-state index in [2.05, 4.69) is 29.8 Å². The molecule has 0 bridgehead atoms. The maximum atomic E-state index is 16.8. The highest BCUT2D eigenvalue weighted by atomic mass is 32.1. The van der Waals surface area contributed by atoms with Crippen LogP contribution in [-0.2, 0) is 12.4 Å². The van der Waals surface area contributed by atoms with Crippen molar-refractivity contribution in [2.75, 3.05) is 49.8 Å². The highest BCUT2D eigenvalue weighted by molar-refractivity contribution is 7.23. The minimum Gasteiger partial charge on any atom is -0.490 e. The number of halogens is 10. The van der Waals surface area contributed by atoms with Gasteiger partial charge in [0, 0.05) is 34.8 Å². The Balaban J connectivity index is 0.000000239. The maximum Gasteiger partial charge on any atom is 0.434 e. The number of benzene rings is 2. The van der Waals surface area contributed by atoms with E-state index in [1.54, 1.807) is 6.07 Å². The lowest BCUT2D eigenvalue weighted by Crippen LogP contribution is -2.37. The molecule has 7 heterocycles. The van der Waals surface area contributed by atoms with Gasteiger partial charge in [-0.25, -0.2) is 32.5 Å². The number of ether oxygens (including phenoxy) is 3. The van der Waals surface area contributed by atoms with Crippen LogP contribution in [0.1, 0.15) is 54.1 Å². The number of hydrogen-bond acceptors (Lipinski definition) is 14. The molecule has 3 unspecified atom stereocenters. The second-order valence-corrected chi connectivity index (χ2v) is 16.1. The summed E-state index contributed by atoms with van der Waals surface area (Å²) < 4.78 is 159. The van der Waals surface area contributed by atoms with Gasteiger partial charge >= 0.3 is 18.4 Å². The molecule has 0 amide bonds. The van der Waals surface area contributed by atoms with Crippen LogP contribution in [0.5, 0.6) is 17.6 Å². The van der Waals surface area contributed by atoms with Crippen molar-refractivity contribution in [2.24, 2.45) is 0 Å². The number of nitrogens with zero attached hydrogens (tertiary/aromatic N) is 8. The molecule has 4 aromatic heterocycles. The molecular formula is C41H34F10N10O3S. The van der Waals surface area contributed by atoms with E-state index in [1.807, 2.05) is 0 Å². The van der Waals surface area contributed by atoms with E-state index in [4.69, 9.17) is 25.7 Å². The third-order valence-corrected chi connectivity index (χ3v) is 12.4. The second kappa shape index (κ2) is 17.5. The smallest absolute Gasteiger partial charge is 0.434 e. The topological polar surface area (TPSA) is 174 Å². The van der Waals surface area contributed by atoms with Crippen molar-refractivity contribution < 1.29 is 58.1 Å². The number of nitriles is 1. The molecule has 2 aromatic carbocycles. The van der Waals surface area contributed by atoms with E-state index in [9.17, 15) is 31.6 Å². The fourth-order valence-electron chi connectivity index (χ4n) is 8.58. The van der Waals surface area contributed by atoms with Crippen LogP contribution in [0.25, 0.3) is 32.1 Å². The minimum absolute atomic E-state index is 0.153. The van der Waals surface area contributed by atoms with Crippen molar-refractivity contribution in [3.05, 3.63) is 76.9 Å². The number of alkyl halides is 8. The average molecular weight is 937 g/mol. The molecule has 3 aliphatic rings. The third-order valence-electron chi connectivity index (χ3n) is 11.3. The van der Waals surface area contributed by atoms with Crippen LogP contribution < -0.4 is 30.6 Å². The molecule has 4 N–H and O–H groups in total. The number of hydrogen-bond donors (Lipinski definition) is 2. The van der Waals surface area contributed by atoms with Crippen LogP contribution in [-0.4, -0.2) is 81.7 Å². The first kappa shape index (κ1) is 45.1. The number of pyridine rings is 1. The molecule has 9 rings (SSSR count). The number of aromatic nitrogens is 5. The summed E-state index contributed by atoms with van der Waals surface area (Å²) >= 11 is 0.606. The van der Waals surface area contributed by atoms with Crippen molar-refractivity contribution in [3.63, 3.8) is 0 Å². The van der Waals surface area contributed by atoms with Gasteiger partial charge < -0.3 is 30.6 Å². The first-order chi connectivity index (χ1) is 30.9. The van der Waals surface area contributed by atoms with E-state index in [-0.39, 0.29) is 37.9 Å². The molecule has 0 radical (unpaired) electrons. The summed E-state index contributed by atoms with van der Waals surface area (Å²) in [6.07, 6.45) is -5.21.